The number of hydrogen-bond acceptors (Lipinski definition) is 6. The molecule has 4 unspecified atom stereocenters. The molecule has 0 spiro atoms. The van der Waals surface area contributed by atoms with Crippen LogP contribution in [-0.2, 0) is 19.1 Å². The van der Waals surface area contributed by atoms with Gasteiger partial charge in [-0.2, -0.15) is 0 Å². The van der Waals surface area contributed by atoms with Crippen molar-refractivity contribution in [2.24, 2.45) is 17.6 Å². The van der Waals surface area contributed by atoms with Gasteiger partial charge in [0.25, 0.3) is 5.91 Å². The van der Waals surface area contributed by atoms with Gasteiger partial charge in [-0.3, -0.25) is 19.2 Å². The number of nitrogens with two attached hydrogens (primary N) is 1. The van der Waals surface area contributed by atoms with Crippen LogP contribution >= 0.6 is 0 Å². The van der Waals surface area contributed by atoms with Crippen LogP contribution in [0.1, 0.15) is 37.6 Å². The standard InChI is InChI=1S/C19H27N3O6/c1-10(2)11(3)7-13(21-18(25)12-5-6-27-8-12)19(26)22(4)15-14(23)9-28-16(15)17(20)24/h5-6,8,10-11,13,15-16H,7,9H2,1-4H3,(H2,20,24)(H,21,25). The number of carbonyl (C=O) groups is 4. The minimum atomic E-state index is -1.20. The third-order valence-corrected chi connectivity index (χ3v) is 5.20. The van der Waals surface area contributed by atoms with Crippen molar-refractivity contribution in [1.29, 1.82) is 0 Å². The average Bonchev–Trinajstić information content (AvgIpc) is 3.29. The van der Waals surface area contributed by atoms with E-state index < -0.39 is 41.7 Å². The number of rotatable bonds is 8. The van der Waals surface area contributed by atoms with Gasteiger partial charge in [0.1, 0.15) is 25.0 Å². The van der Waals surface area contributed by atoms with Crippen molar-refractivity contribution in [3.8, 4) is 0 Å². The molecule has 0 bridgehead atoms. The summed E-state index contributed by atoms with van der Waals surface area (Å²) in [7, 11) is 1.41. The molecular weight excluding hydrogens is 366 g/mol. The first-order chi connectivity index (χ1) is 13.1. The molecule has 1 aliphatic heterocycles. The van der Waals surface area contributed by atoms with Crippen LogP contribution in [-0.4, -0.2) is 60.2 Å². The number of likely N-dealkylation sites (N-methyl/N-ethyl adjacent to an activating group) is 1. The van der Waals surface area contributed by atoms with Gasteiger partial charge in [0.15, 0.2) is 11.9 Å². The van der Waals surface area contributed by atoms with Crippen LogP contribution < -0.4 is 11.1 Å². The van der Waals surface area contributed by atoms with Gasteiger partial charge in [-0.25, -0.2) is 0 Å². The van der Waals surface area contributed by atoms with Crippen LogP contribution in [0.3, 0.4) is 0 Å². The van der Waals surface area contributed by atoms with Gasteiger partial charge < -0.3 is 25.1 Å². The zero-order valence-corrected chi connectivity index (χ0v) is 16.5. The minimum Gasteiger partial charge on any atom is -0.472 e. The number of ketones is 1. The van der Waals surface area contributed by atoms with E-state index in [1.807, 2.05) is 20.8 Å². The van der Waals surface area contributed by atoms with E-state index in [0.29, 0.717) is 6.42 Å². The number of ether oxygens (including phenoxy) is 1. The molecule has 1 saturated heterocycles. The summed E-state index contributed by atoms with van der Waals surface area (Å²) in [4.78, 5) is 50.5. The van der Waals surface area contributed by atoms with E-state index in [1.165, 1.54) is 25.6 Å². The van der Waals surface area contributed by atoms with Crippen molar-refractivity contribution >= 4 is 23.5 Å². The zero-order valence-electron chi connectivity index (χ0n) is 16.5. The summed E-state index contributed by atoms with van der Waals surface area (Å²) in [6.07, 6.45) is 1.81. The van der Waals surface area contributed by atoms with Gasteiger partial charge in [0.2, 0.25) is 11.8 Å². The molecule has 0 saturated carbocycles. The molecule has 9 heteroatoms. The number of Topliss-reactive ketones (excluding diaryl/α,β-unsaturated/α-hetero) is 1. The molecule has 9 nitrogen and oxygen atoms in total. The van der Waals surface area contributed by atoms with Crippen LogP contribution in [0, 0.1) is 11.8 Å². The summed E-state index contributed by atoms with van der Waals surface area (Å²) < 4.78 is 10.0. The van der Waals surface area contributed by atoms with E-state index in [2.05, 4.69) is 5.32 Å². The molecule has 0 aliphatic carbocycles. The molecule has 1 aromatic rings. The van der Waals surface area contributed by atoms with Crippen molar-refractivity contribution < 1.29 is 28.3 Å². The van der Waals surface area contributed by atoms with E-state index in [-0.39, 0.29) is 24.0 Å². The summed E-state index contributed by atoms with van der Waals surface area (Å²) in [6.45, 7) is 5.73. The van der Waals surface area contributed by atoms with Crippen LogP contribution in [0.25, 0.3) is 0 Å². The number of amides is 3. The fraction of sp³-hybridized carbons (Fsp3) is 0.579. The Morgan fingerprint density at radius 2 is 2.00 bits per heavy atom. The number of furan rings is 1. The fourth-order valence-electron chi connectivity index (χ4n) is 3.06. The molecule has 1 aromatic heterocycles. The van der Waals surface area contributed by atoms with Crippen molar-refractivity contribution in [3.05, 3.63) is 24.2 Å². The molecule has 1 aliphatic rings. The lowest BCUT2D eigenvalue weighted by Crippen LogP contribution is -2.56. The first kappa shape index (κ1) is 21.6. The maximum atomic E-state index is 13.1. The predicted octanol–water partition coefficient (Wildman–Crippen LogP) is 0.340. The molecule has 4 atom stereocenters. The van der Waals surface area contributed by atoms with Crippen molar-refractivity contribution in [2.75, 3.05) is 13.7 Å². The highest BCUT2D eigenvalue weighted by Gasteiger charge is 2.45. The third-order valence-electron chi connectivity index (χ3n) is 5.20. The Balaban J connectivity index is 2.22. The molecule has 28 heavy (non-hydrogen) atoms. The number of nitrogens with one attached hydrogen (secondary N) is 1. The van der Waals surface area contributed by atoms with Crippen molar-refractivity contribution in [1.82, 2.24) is 10.2 Å². The van der Waals surface area contributed by atoms with Gasteiger partial charge in [-0.05, 0) is 24.3 Å². The monoisotopic (exact) mass is 393 g/mol. The normalized spacial score (nSPS) is 21.4. The lowest BCUT2D eigenvalue weighted by atomic mass is 9.90. The topological polar surface area (TPSA) is 132 Å². The molecule has 3 amide bonds. The lowest BCUT2D eigenvalue weighted by Gasteiger charge is -2.31. The second-order valence-corrected chi connectivity index (χ2v) is 7.49. The van der Waals surface area contributed by atoms with Gasteiger partial charge in [0.05, 0.1) is 11.8 Å². The molecule has 2 rings (SSSR count). The smallest absolute Gasteiger partial charge is 0.255 e. The zero-order chi connectivity index (χ0) is 21.0. The molecule has 2 heterocycles. The number of carbonyl (C=O) groups excluding carboxylic acids is 4. The van der Waals surface area contributed by atoms with E-state index in [1.54, 1.807) is 0 Å². The Kier molecular flexibility index (Phi) is 6.95. The Bertz CT molecular complexity index is 730. The van der Waals surface area contributed by atoms with Crippen LogP contribution in [0.15, 0.2) is 23.0 Å². The van der Waals surface area contributed by atoms with E-state index in [9.17, 15) is 19.2 Å². The van der Waals surface area contributed by atoms with Crippen molar-refractivity contribution in [3.63, 3.8) is 0 Å². The number of nitrogens with zero attached hydrogens (tertiary/aromatic N) is 1. The first-order valence-electron chi connectivity index (χ1n) is 9.16. The summed E-state index contributed by atoms with van der Waals surface area (Å²) in [5.74, 6) is -1.77. The summed E-state index contributed by atoms with van der Waals surface area (Å²) in [5.41, 5.74) is 5.58. The molecule has 0 aromatic carbocycles. The quantitative estimate of drug-likeness (QED) is 0.655. The third kappa shape index (κ3) is 4.78. The summed E-state index contributed by atoms with van der Waals surface area (Å²) in [6, 6.07) is -0.497. The van der Waals surface area contributed by atoms with Gasteiger partial charge in [0, 0.05) is 7.05 Å². The van der Waals surface area contributed by atoms with Gasteiger partial charge in [-0.15, -0.1) is 0 Å². The number of primary amides is 1. The Hall–Kier alpha value is -2.68. The maximum absolute atomic E-state index is 13.1. The largest absolute Gasteiger partial charge is 0.472 e. The van der Waals surface area contributed by atoms with Crippen LogP contribution in [0.5, 0.6) is 0 Å². The Labute approximate surface area is 163 Å². The molecular formula is C19H27N3O6. The van der Waals surface area contributed by atoms with Gasteiger partial charge >= 0.3 is 0 Å². The summed E-state index contributed by atoms with van der Waals surface area (Å²) >= 11 is 0. The van der Waals surface area contributed by atoms with Gasteiger partial charge in [-0.1, -0.05) is 20.8 Å². The number of hydrogen-bond donors (Lipinski definition) is 2. The second-order valence-electron chi connectivity index (χ2n) is 7.49. The van der Waals surface area contributed by atoms with E-state index in [4.69, 9.17) is 14.9 Å². The van der Waals surface area contributed by atoms with E-state index in [0.717, 1.165) is 4.90 Å². The minimum absolute atomic E-state index is 0.120. The molecule has 154 valence electrons. The van der Waals surface area contributed by atoms with E-state index >= 15 is 0 Å². The molecule has 0 radical (unpaired) electrons. The Morgan fingerprint density at radius 3 is 2.54 bits per heavy atom. The first-order valence-corrected chi connectivity index (χ1v) is 9.16. The van der Waals surface area contributed by atoms with Crippen LogP contribution in [0.4, 0.5) is 0 Å². The second kappa shape index (κ2) is 9.01. The lowest BCUT2D eigenvalue weighted by molar-refractivity contribution is -0.141. The highest BCUT2D eigenvalue weighted by molar-refractivity contribution is 6.00. The highest BCUT2D eigenvalue weighted by Crippen LogP contribution is 2.21. The van der Waals surface area contributed by atoms with Crippen molar-refractivity contribution in [2.45, 2.75) is 45.4 Å². The Morgan fingerprint density at radius 1 is 1.32 bits per heavy atom. The molecule has 1 fully saturated rings. The molecule has 3 N–H and O–H groups in total. The maximum Gasteiger partial charge on any atom is 0.255 e. The SMILES string of the molecule is CC(C)C(C)CC(NC(=O)c1ccoc1)C(=O)N(C)C1C(=O)COC1C(N)=O. The average molecular weight is 393 g/mol. The highest BCUT2D eigenvalue weighted by atomic mass is 16.5. The predicted molar refractivity (Wildman–Crippen MR) is 99.1 cm³/mol. The fourth-order valence-corrected chi connectivity index (χ4v) is 3.06. The van der Waals surface area contributed by atoms with Crippen LogP contribution in [0.2, 0.25) is 0 Å². The summed E-state index contributed by atoms with van der Waals surface area (Å²) in [5, 5.41) is 2.71.